The summed E-state index contributed by atoms with van der Waals surface area (Å²) in [7, 11) is 1.66. The molecule has 8 heteroatoms. The number of ether oxygens (including phenoxy) is 1. The standard InChI is InChI=1S/C29H28N4O3S/c1-18-16-24(19(2)33(18)22-11-9-21(10-12-22)28(34)35)27-26(25-6-4-5-15-30-25)31-29(37)32(27)17-20-7-13-23(36-3)14-8-20/h4-16,26-27H,17H2,1-3H3,(H,31,37)(H,34,35)/t26-,27-/m1/s1. The first-order valence-electron chi connectivity index (χ1n) is 12.0. The van der Waals surface area contributed by atoms with E-state index in [1.165, 1.54) is 0 Å². The van der Waals surface area contributed by atoms with Crippen LogP contribution >= 0.6 is 12.2 Å². The molecule has 1 saturated heterocycles. The second-order valence-corrected chi connectivity index (χ2v) is 9.50. The summed E-state index contributed by atoms with van der Waals surface area (Å²) in [4.78, 5) is 18.2. The van der Waals surface area contributed by atoms with Gasteiger partial charge in [-0.25, -0.2) is 4.79 Å². The first kappa shape index (κ1) is 24.5. The summed E-state index contributed by atoms with van der Waals surface area (Å²) in [5.41, 5.74) is 6.47. The molecule has 188 valence electrons. The second kappa shape index (κ2) is 10.1. The number of hydrogen-bond acceptors (Lipinski definition) is 4. The Balaban J connectivity index is 1.58. The van der Waals surface area contributed by atoms with E-state index in [0.29, 0.717) is 11.7 Å². The third-order valence-electron chi connectivity index (χ3n) is 6.87. The quantitative estimate of drug-likeness (QED) is 0.322. The molecule has 0 unspecified atom stereocenters. The molecule has 1 fully saturated rings. The normalized spacial score (nSPS) is 17.1. The number of thiocarbonyl (C=S) groups is 1. The average molecular weight is 513 g/mol. The summed E-state index contributed by atoms with van der Waals surface area (Å²) in [6.45, 7) is 4.78. The van der Waals surface area contributed by atoms with E-state index >= 15 is 0 Å². The summed E-state index contributed by atoms with van der Waals surface area (Å²) in [6, 6.07) is 22.9. The monoisotopic (exact) mass is 512 g/mol. The molecule has 0 amide bonds. The number of carboxylic acids is 1. The van der Waals surface area contributed by atoms with Crippen LogP contribution in [0.2, 0.25) is 0 Å². The minimum absolute atomic E-state index is 0.0947. The zero-order valence-electron chi connectivity index (χ0n) is 20.9. The molecule has 7 nitrogen and oxygen atoms in total. The van der Waals surface area contributed by atoms with Gasteiger partial charge in [0.15, 0.2) is 5.11 Å². The van der Waals surface area contributed by atoms with Gasteiger partial charge in [-0.3, -0.25) is 4.98 Å². The van der Waals surface area contributed by atoms with Gasteiger partial charge in [0.25, 0.3) is 0 Å². The summed E-state index contributed by atoms with van der Waals surface area (Å²) >= 11 is 5.86. The number of aryl methyl sites for hydroxylation is 1. The Labute approximate surface area is 221 Å². The van der Waals surface area contributed by atoms with Crippen LogP contribution < -0.4 is 10.1 Å². The number of methoxy groups -OCH3 is 1. The fraction of sp³-hybridized carbons (Fsp3) is 0.207. The van der Waals surface area contributed by atoms with Crippen molar-refractivity contribution in [3.05, 3.63) is 113 Å². The Morgan fingerprint density at radius 3 is 2.43 bits per heavy atom. The van der Waals surface area contributed by atoms with Crippen LogP contribution in [-0.4, -0.2) is 37.7 Å². The maximum absolute atomic E-state index is 11.3. The van der Waals surface area contributed by atoms with E-state index in [1.807, 2.05) is 42.5 Å². The second-order valence-electron chi connectivity index (χ2n) is 9.12. The van der Waals surface area contributed by atoms with Gasteiger partial charge >= 0.3 is 5.97 Å². The molecule has 5 rings (SSSR count). The van der Waals surface area contributed by atoms with Crippen molar-refractivity contribution >= 4 is 23.3 Å². The van der Waals surface area contributed by atoms with Crippen LogP contribution in [-0.2, 0) is 6.54 Å². The van der Waals surface area contributed by atoms with E-state index in [-0.39, 0.29) is 17.6 Å². The molecular formula is C29H28N4O3S. The van der Waals surface area contributed by atoms with Crippen molar-refractivity contribution in [2.75, 3.05) is 7.11 Å². The highest BCUT2D eigenvalue weighted by Gasteiger charge is 2.41. The van der Waals surface area contributed by atoms with Crippen molar-refractivity contribution in [1.82, 2.24) is 19.8 Å². The number of hydrogen-bond donors (Lipinski definition) is 2. The summed E-state index contributed by atoms with van der Waals surface area (Å²) in [6.07, 6.45) is 1.80. The number of benzene rings is 2. The highest BCUT2D eigenvalue weighted by Crippen LogP contribution is 2.42. The molecular weight excluding hydrogens is 484 g/mol. The zero-order valence-corrected chi connectivity index (χ0v) is 21.7. The van der Waals surface area contributed by atoms with Gasteiger partial charge in [-0.2, -0.15) is 0 Å². The number of aromatic nitrogens is 2. The van der Waals surface area contributed by atoms with E-state index in [2.05, 4.69) is 51.8 Å². The fourth-order valence-electron chi connectivity index (χ4n) is 5.08. The number of nitrogens with one attached hydrogen (secondary N) is 1. The van der Waals surface area contributed by atoms with E-state index in [9.17, 15) is 9.90 Å². The van der Waals surface area contributed by atoms with E-state index in [1.54, 1.807) is 25.4 Å². The van der Waals surface area contributed by atoms with Crippen LogP contribution in [0.4, 0.5) is 0 Å². The Hall–Kier alpha value is -4.17. The summed E-state index contributed by atoms with van der Waals surface area (Å²) in [5.74, 6) is -0.127. The number of pyridine rings is 1. The van der Waals surface area contributed by atoms with Gasteiger partial charge in [0, 0.05) is 29.8 Å². The molecule has 3 heterocycles. The third-order valence-corrected chi connectivity index (χ3v) is 7.22. The zero-order chi connectivity index (χ0) is 26.1. The van der Waals surface area contributed by atoms with Gasteiger partial charge in [-0.1, -0.05) is 18.2 Å². The lowest BCUT2D eigenvalue weighted by Gasteiger charge is -2.28. The largest absolute Gasteiger partial charge is 0.497 e. The van der Waals surface area contributed by atoms with Gasteiger partial charge in [0.05, 0.1) is 30.5 Å². The smallest absolute Gasteiger partial charge is 0.335 e. The Morgan fingerprint density at radius 1 is 1.08 bits per heavy atom. The predicted octanol–water partition coefficient (Wildman–Crippen LogP) is 5.37. The molecule has 2 aromatic carbocycles. The molecule has 1 aliphatic rings. The number of nitrogens with zero attached hydrogens (tertiary/aromatic N) is 3. The van der Waals surface area contributed by atoms with Crippen molar-refractivity contribution in [3.8, 4) is 11.4 Å². The molecule has 4 aromatic rings. The molecule has 0 bridgehead atoms. The molecule has 0 saturated carbocycles. The first-order valence-corrected chi connectivity index (χ1v) is 12.4. The Bertz CT molecular complexity index is 1430. The highest BCUT2D eigenvalue weighted by atomic mass is 32.1. The molecule has 2 atom stereocenters. The molecule has 1 aliphatic heterocycles. The molecule has 0 aliphatic carbocycles. The van der Waals surface area contributed by atoms with Crippen molar-refractivity contribution < 1.29 is 14.6 Å². The van der Waals surface area contributed by atoms with Crippen LogP contribution in [0.3, 0.4) is 0 Å². The van der Waals surface area contributed by atoms with E-state index in [0.717, 1.165) is 39.6 Å². The van der Waals surface area contributed by atoms with Crippen molar-refractivity contribution in [1.29, 1.82) is 0 Å². The maximum atomic E-state index is 11.3. The number of rotatable bonds is 7. The fourth-order valence-corrected chi connectivity index (χ4v) is 5.38. The van der Waals surface area contributed by atoms with Crippen LogP contribution in [0.1, 0.15) is 50.7 Å². The molecule has 0 radical (unpaired) electrons. The molecule has 2 N–H and O–H groups in total. The van der Waals surface area contributed by atoms with Gasteiger partial charge in [0.2, 0.25) is 0 Å². The van der Waals surface area contributed by atoms with E-state index in [4.69, 9.17) is 17.0 Å². The van der Waals surface area contributed by atoms with Crippen LogP contribution in [0, 0.1) is 13.8 Å². The summed E-state index contributed by atoms with van der Waals surface area (Å²) in [5, 5.41) is 13.5. The van der Waals surface area contributed by atoms with Gasteiger partial charge in [-0.05, 0) is 91.8 Å². The minimum Gasteiger partial charge on any atom is -0.497 e. The van der Waals surface area contributed by atoms with Crippen LogP contribution in [0.25, 0.3) is 5.69 Å². The number of carbonyl (C=O) groups is 1. The molecule has 37 heavy (non-hydrogen) atoms. The lowest BCUT2D eigenvalue weighted by Crippen LogP contribution is -2.29. The van der Waals surface area contributed by atoms with Crippen LogP contribution in [0.5, 0.6) is 5.75 Å². The van der Waals surface area contributed by atoms with Crippen LogP contribution in [0.15, 0.2) is 79.0 Å². The number of carboxylic acid groups (broad SMARTS) is 1. The number of aromatic carboxylic acids is 1. The SMILES string of the molecule is COc1ccc(CN2C(=S)N[C@H](c3ccccn3)[C@H]2c2cc(C)n(-c3ccc(C(=O)O)cc3)c2C)cc1. The lowest BCUT2D eigenvalue weighted by molar-refractivity contribution is 0.0697. The lowest BCUT2D eigenvalue weighted by atomic mass is 9.96. The van der Waals surface area contributed by atoms with Gasteiger partial charge in [-0.15, -0.1) is 0 Å². The average Bonchev–Trinajstić information content (AvgIpc) is 3.39. The Morgan fingerprint density at radius 2 is 1.81 bits per heavy atom. The van der Waals surface area contributed by atoms with Crippen molar-refractivity contribution in [2.24, 2.45) is 0 Å². The minimum atomic E-state index is -0.939. The van der Waals surface area contributed by atoms with Crippen molar-refractivity contribution in [3.63, 3.8) is 0 Å². The topological polar surface area (TPSA) is 79.6 Å². The summed E-state index contributed by atoms with van der Waals surface area (Å²) < 4.78 is 7.48. The first-order chi connectivity index (χ1) is 17.9. The van der Waals surface area contributed by atoms with Crippen molar-refractivity contribution in [2.45, 2.75) is 32.5 Å². The van der Waals surface area contributed by atoms with Gasteiger partial charge in [0.1, 0.15) is 5.75 Å². The van der Waals surface area contributed by atoms with E-state index < -0.39 is 5.97 Å². The third kappa shape index (κ3) is 4.68. The molecule has 2 aromatic heterocycles. The predicted molar refractivity (Wildman–Crippen MR) is 146 cm³/mol. The highest BCUT2D eigenvalue weighted by molar-refractivity contribution is 7.80. The Kier molecular flexibility index (Phi) is 6.67. The van der Waals surface area contributed by atoms with Gasteiger partial charge < -0.3 is 24.6 Å². The molecule has 0 spiro atoms. The maximum Gasteiger partial charge on any atom is 0.335 e.